The normalized spacial score (nSPS) is 11.4. The van der Waals surface area contributed by atoms with Crippen LogP contribution in [0.25, 0.3) is 0 Å². The summed E-state index contributed by atoms with van der Waals surface area (Å²) in [4.78, 5) is 11.8. The molecule has 106 valence electrons. The fourth-order valence-corrected chi connectivity index (χ4v) is 2.01. The monoisotopic (exact) mass is 330 g/mol. The number of halogens is 2. The van der Waals surface area contributed by atoms with Gasteiger partial charge in [-0.05, 0) is 58.9 Å². The average molecular weight is 331 g/mol. The Morgan fingerprint density at radius 1 is 1.42 bits per heavy atom. The first-order chi connectivity index (χ1) is 8.84. The molecular weight excluding hydrogens is 311 g/mol. The highest BCUT2D eigenvalue weighted by Gasteiger charge is 2.18. The molecule has 0 spiro atoms. The van der Waals surface area contributed by atoms with E-state index in [0.29, 0.717) is 23.1 Å². The molecule has 0 aliphatic carbocycles. The summed E-state index contributed by atoms with van der Waals surface area (Å²) in [5, 5.41) is 2.69. The Hall–Kier alpha value is -0.940. The lowest BCUT2D eigenvalue weighted by Crippen LogP contribution is -2.20. The van der Waals surface area contributed by atoms with Gasteiger partial charge in [0.1, 0.15) is 5.82 Å². The molecule has 1 amide bonds. The number of carbonyl (C=O) groups excluding carboxylic acids is 1. The molecule has 0 fully saturated rings. The van der Waals surface area contributed by atoms with E-state index in [9.17, 15) is 9.18 Å². The van der Waals surface area contributed by atoms with E-state index in [1.165, 1.54) is 6.07 Å². The lowest BCUT2D eigenvalue weighted by atomic mass is 9.84. The van der Waals surface area contributed by atoms with Crippen molar-refractivity contribution < 1.29 is 9.18 Å². The van der Waals surface area contributed by atoms with Crippen LogP contribution in [0.1, 0.15) is 33.1 Å². The second kappa shape index (κ2) is 7.01. The van der Waals surface area contributed by atoms with Crippen LogP contribution in [-0.2, 0) is 4.79 Å². The third kappa shape index (κ3) is 5.70. The van der Waals surface area contributed by atoms with Gasteiger partial charge in [0, 0.05) is 12.1 Å². The van der Waals surface area contributed by atoms with Crippen LogP contribution in [0, 0.1) is 11.2 Å². The molecule has 19 heavy (non-hydrogen) atoms. The molecular formula is C14H20BrFN2O. The number of anilines is 1. The van der Waals surface area contributed by atoms with Crippen molar-refractivity contribution in [2.24, 2.45) is 11.1 Å². The molecule has 1 aromatic rings. The summed E-state index contributed by atoms with van der Waals surface area (Å²) in [5.41, 5.74) is 6.06. The highest BCUT2D eigenvalue weighted by molar-refractivity contribution is 9.10. The fourth-order valence-electron chi connectivity index (χ4n) is 1.77. The van der Waals surface area contributed by atoms with E-state index in [4.69, 9.17) is 5.73 Å². The minimum atomic E-state index is -0.388. The van der Waals surface area contributed by atoms with Crippen LogP contribution in [0.3, 0.4) is 0 Å². The highest BCUT2D eigenvalue weighted by Crippen LogP contribution is 2.26. The molecule has 0 aliphatic rings. The van der Waals surface area contributed by atoms with Crippen molar-refractivity contribution in [3.63, 3.8) is 0 Å². The Balaban J connectivity index is 2.49. The van der Waals surface area contributed by atoms with Gasteiger partial charge < -0.3 is 11.1 Å². The van der Waals surface area contributed by atoms with Gasteiger partial charge in [0.2, 0.25) is 5.91 Å². The first-order valence-electron chi connectivity index (χ1n) is 6.29. The topological polar surface area (TPSA) is 55.1 Å². The summed E-state index contributed by atoms with van der Waals surface area (Å²) in [6, 6.07) is 4.53. The zero-order valence-corrected chi connectivity index (χ0v) is 12.9. The van der Waals surface area contributed by atoms with Crippen LogP contribution in [0.2, 0.25) is 0 Å². The zero-order valence-electron chi connectivity index (χ0n) is 11.3. The van der Waals surface area contributed by atoms with Crippen molar-refractivity contribution in [3.8, 4) is 0 Å². The van der Waals surface area contributed by atoms with Crippen LogP contribution >= 0.6 is 15.9 Å². The van der Waals surface area contributed by atoms with Crippen molar-refractivity contribution >= 4 is 27.5 Å². The predicted molar refractivity (Wildman–Crippen MR) is 79.4 cm³/mol. The minimum absolute atomic E-state index is 0.0526. The molecule has 0 radical (unpaired) electrons. The number of benzene rings is 1. The van der Waals surface area contributed by atoms with E-state index in [2.05, 4.69) is 35.1 Å². The Morgan fingerprint density at radius 3 is 2.68 bits per heavy atom. The Kier molecular flexibility index (Phi) is 5.94. The number of rotatable bonds is 6. The van der Waals surface area contributed by atoms with Crippen LogP contribution in [-0.4, -0.2) is 12.5 Å². The number of amides is 1. The van der Waals surface area contributed by atoms with Crippen LogP contribution in [0.4, 0.5) is 10.1 Å². The molecule has 0 aromatic heterocycles. The van der Waals surface area contributed by atoms with Gasteiger partial charge in [-0.3, -0.25) is 4.79 Å². The number of hydrogen-bond donors (Lipinski definition) is 2. The van der Waals surface area contributed by atoms with Gasteiger partial charge in [-0.1, -0.05) is 13.8 Å². The molecule has 3 N–H and O–H groups in total. The maximum absolute atomic E-state index is 13.3. The second-order valence-electron chi connectivity index (χ2n) is 5.38. The summed E-state index contributed by atoms with van der Waals surface area (Å²) in [5.74, 6) is -0.493. The molecule has 0 aliphatic heterocycles. The summed E-state index contributed by atoms with van der Waals surface area (Å²) < 4.78 is 13.7. The first kappa shape index (κ1) is 16.1. The third-order valence-electron chi connectivity index (χ3n) is 3.05. The molecule has 0 saturated heterocycles. The lowest BCUT2D eigenvalue weighted by Gasteiger charge is -2.23. The van der Waals surface area contributed by atoms with Crippen molar-refractivity contribution in [2.75, 3.05) is 11.9 Å². The summed E-state index contributed by atoms with van der Waals surface area (Å²) in [7, 11) is 0. The first-order valence-corrected chi connectivity index (χ1v) is 7.08. The van der Waals surface area contributed by atoms with E-state index in [-0.39, 0.29) is 17.1 Å². The van der Waals surface area contributed by atoms with Gasteiger partial charge in [0.25, 0.3) is 0 Å². The molecule has 1 rings (SSSR count). The van der Waals surface area contributed by atoms with E-state index in [0.717, 1.165) is 12.8 Å². The number of hydrogen-bond acceptors (Lipinski definition) is 2. The molecule has 0 saturated carbocycles. The average Bonchev–Trinajstić information content (AvgIpc) is 2.32. The second-order valence-corrected chi connectivity index (χ2v) is 6.23. The SMILES string of the molecule is CC(C)(CCN)CCC(=O)Nc1ccc(Br)c(F)c1. The fraction of sp³-hybridized carbons (Fsp3) is 0.500. The van der Waals surface area contributed by atoms with Crippen molar-refractivity contribution in [1.82, 2.24) is 0 Å². The molecule has 0 atom stereocenters. The van der Waals surface area contributed by atoms with Gasteiger partial charge >= 0.3 is 0 Å². The summed E-state index contributed by atoms with van der Waals surface area (Å²) in [6.45, 7) is 4.80. The van der Waals surface area contributed by atoms with Gasteiger partial charge in [0.15, 0.2) is 0 Å². The predicted octanol–water partition coefficient (Wildman–Crippen LogP) is 3.68. The number of nitrogens with one attached hydrogen (secondary N) is 1. The maximum atomic E-state index is 13.3. The van der Waals surface area contributed by atoms with Gasteiger partial charge in [-0.2, -0.15) is 0 Å². The molecule has 0 heterocycles. The van der Waals surface area contributed by atoms with E-state index in [1.54, 1.807) is 12.1 Å². The minimum Gasteiger partial charge on any atom is -0.330 e. The molecule has 3 nitrogen and oxygen atoms in total. The van der Waals surface area contributed by atoms with Crippen LogP contribution in [0.15, 0.2) is 22.7 Å². The van der Waals surface area contributed by atoms with Crippen LogP contribution < -0.4 is 11.1 Å². The Labute approximate surface area is 121 Å². The largest absolute Gasteiger partial charge is 0.330 e. The third-order valence-corrected chi connectivity index (χ3v) is 3.70. The summed E-state index contributed by atoms with van der Waals surface area (Å²) >= 11 is 3.07. The molecule has 0 unspecified atom stereocenters. The maximum Gasteiger partial charge on any atom is 0.224 e. The van der Waals surface area contributed by atoms with Gasteiger partial charge in [-0.25, -0.2) is 4.39 Å². The zero-order chi connectivity index (χ0) is 14.5. The van der Waals surface area contributed by atoms with E-state index >= 15 is 0 Å². The lowest BCUT2D eigenvalue weighted by molar-refractivity contribution is -0.116. The smallest absolute Gasteiger partial charge is 0.224 e. The standard InChI is InChI=1S/C14H20BrFN2O/c1-14(2,7-8-17)6-5-13(19)18-10-3-4-11(15)12(16)9-10/h3-4,9H,5-8,17H2,1-2H3,(H,18,19). The van der Waals surface area contributed by atoms with Gasteiger partial charge in [-0.15, -0.1) is 0 Å². The number of nitrogens with two attached hydrogens (primary N) is 1. The van der Waals surface area contributed by atoms with Gasteiger partial charge in [0.05, 0.1) is 4.47 Å². The summed E-state index contributed by atoms with van der Waals surface area (Å²) in [6.07, 6.45) is 2.05. The number of carbonyl (C=O) groups is 1. The quantitative estimate of drug-likeness (QED) is 0.835. The molecule has 1 aromatic carbocycles. The van der Waals surface area contributed by atoms with E-state index in [1.807, 2.05) is 0 Å². The Morgan fingerprint density at radius 2 is 2.11 bits per heavy atom. The van der Waals surface area contributed by atoms with Crippen molar-refractivity contribution in [3.05, 3.63) is 28.5 Å². The molecule has 0 bridgehead atoms. The highest BCUT2D eigenvalue weighted by atomic mass is 79.9. The Bertz CT molecular complexity index is 449. The van der Waals surface area contributed by atoms with Crippen LogP contribution in [0.5, 0.6) is 0 Å². The van der Waals surface area contributed by atoms with Crippen molar-refractivity contribution in [1.29, 1.82) is 0 Å². The molecule has 5 heteroatoms. The van der Waals surface area contributed by atoms with Crippen molar-refractivity contribution in [2.45, 2.75) is 33.1 Å². The van der Waals surface area contributed by atoms with E-state index < -0.39 is 0 Å².